The van der Waals surface area contributed by atoms with Crippen LogP contribution in [0, 0.1) is 0 Å². The van der Waals surface area contributed by atoms with Gasteiger partial charge >= 0.3 is 0 Å². The predicted octanol–water partition coefficient (Wildman–Crippen LogP) is 2.46. The van der Waals surface area contributed by atoms with Crippen LogP contribution in [0.15, 0.2) is 36.4 Å². The summed E-state index contributed by atoms with van der Waals surface area (Å²) in [6.07, 6.45) is 4.02. The number of benzene rings is 2. The molecule has 2 aromatic carbocycles. The predicted molar refractivity (Wildman–Crippen MR) is 158 cm³/mol. The standard InChI is InChI=1S/C32H42N4O6/c1-40-28-17-22-9-12-29(37)34-19-26-11-10-25(18-30(38)33-13-5-7-23(16-22)32(28)41-2)36(26)31(39)21-35-14-15-42-27-8-4-3-6-24(27)20-35/h3-4,6,8,16-17,25-26H,5,7,9-15,18-21H2,1-2H3,(H,33,38)(H,34,37)/t25-,26+/m0/s1. The number of nitrogens with zero attached hydrogens (tertiary/aromatic N) is 2. The van der Waals surface area contributed by atoms with Crippen molar-refractivity contribution in [2.45, 2.75) is 63.6 Å². The van der Waals surface area contributed by atoms with E-state index in [1.54, 1.807) is 14.2 Å². The van der Waals surface area contributed by atoms with Crippen LogP contribution in [-0.2, 0) is 33.8 Å². The lowest BCUT2D eigenvalue weighted by atomic mass is 10.0. The van der Waals surface area contributed by atoms with Crippen LogP contribution in [0.25, 0.3) is 0 Å². The van der Waals surface area contributed by atoms with E-state index in [0.717, 1.165) is 41.7 Å². The largest absolute Gasteiger partial charge is 0.493 e. The molecule has 3 heterocycles. The fraction of sp³-hybridized carbons (Fsp3) is 0.531. The van der Waals surface area contributed by atoms with E-state index in [-0.39, 0.29) is 42.8 Å². The first-order valence-corrected chi connectivity index (χ1v) is 15.0. The maximum atomic E-state index is 13.8. The van der Waals surface area contributed by atoms with Gasteiger partial charge < -0.3 is 29.7 Å². The highest BCUT2D eigenvalue weighted by Gasteiger charge is 2.38. The third kappa shape index (κ3) is 7.15. The lowest BCUT2D eigenvalue weighted by Crippen LogP contribution is -2.51. The van der Waals surface area contributed by atoms with E-state index in [9.17, 15) is 14.4 Å². The van der Waals surface area contributed by atoms with Gasteiger partial charge in [-0.25, -0.2) is 0 Å². The molecule has 4 bridgehead atoms. The molecule has 0 unspecified atom stereocenters. The molecular formula is C32H42N4O6. The smallest absolute Gasteiger partial charge is 0.237 e. The minimum Gasteiger partial charge on any atom is -0.493 e. The van der Waals surface area contributed by atoms with Gasteiger partial charge in [0.05, 0.1) is 20.8 Å². The van der Waals surface area contributed by atoms with Crippen LogP contribution in [0.5, 0.6) is 17.2 Å². The van der Waals surface area contributed by atoms with Gasteiger partial charge in [-0.05, 0) is 55.4 Å². The van der Waals surface area contributed by atoms with Crippen LogP contribution in [0.1, 0.15) is 48.8 Å². The number of rotatable bonds is 4. The van der Waals surface area contributed by atoms with Crippen LogP contribution < -0.4 is 24.8 Å². The van der Waals surface area contributed by atoms with Gasteiger partial charge in [0, 0.05) is 56.7 Å². The molecule has 2 aromatic rings. The minimum absolute atomic E-state index is 0.0166. The van der Waals surface area contributed by atoms with Gasteiger partial charge in [-0.2, -0.15) is 0 Å². The number of hydrogen-bond donors (Lipinski definition) is 2. The van der Waals surface area contributed by atoms with Crippen molar-refractivity contribution in [1.82, 2.24) is 20.4 Å². The number of carbonyl (C=O) groups excluding carboxylic acids is 3. The van der Waals surface area contributed by atoms with Crippen molar-refractivity contribution < 1.29 is 28.6 Å². The van der Waals surface area contributed by atoms with Gasteiger partial charge in [0.15, 0.2) is 11.5 Å². The maximum Gasteiger partial charge on any atom is 0.237 e. The van der Waals surface area contributed by atoms with Crippen molar-refractivity contribution in [2.24, 2.45) is 0 Å². The first-order valence-electron chi connectivity index (χ1n) is 15.0. The lowest BCUT2D eigenvalue weighted by Gasteiger charge is -2.32. The van der Waals surface area contributed by atoms with Crippen LogP contribution in [0.2, 0.25) is 0 Å². The van der Waals surface area contributed by atoms with Gasteiger partial charge in [0.25, 0.3) is 0 Å². The molecule has 2 atom stereocenters. The molecule has 1 saturated heterocycles. The molecule has 0 radical (unpaired) electrons. The van der Waals surface area contributed by atoms with Gasteiger partial charge in [0.1, 0.15) is 12.4 Å². The van der Waals surface area contributed by atoms with E-state index in [2.05, 4.69) is 21.6 Å². The third-order valence-electron chi connectivity index (χ3n) is 8.46. The van der Waals surface area contributed by atoms with Crippen molar-refractivity contribution >= 4 is 17.7 Å². The molecule has 3 aliphatic rings. The topological polar surface area (TPSA) is 109 Å². The van der Waals surface area contributed by atoms with Gasteiger partial charge in [0.2, 0.25) is 17.7 Å². The average molecular weight is 579 g/mol. The molecule has 1 fully saturated rings. The molecule has 10 heteroatoms. The number of carbonyl (C=O) groups is 3. The summed E-state index contributed by atoms with van der Waals surface area (Å²) < 4.78 is 17.1. The molecule has 42 heavy (non-hydrogen) atoms. The molecule has 0 spiro atoms. The molecule has 0 aromatic heterocycles. The van der Waals surface area contributed by atoms with Crippen molar-refractivity contribution in [2.75, 3.05) is 47.0 Å². The Labute approximate surface area is 247 Å². The molecule has 2 N–H and O–H groups in total. The van der Waals surface area contributed by atoms with Gasteiger partial charge in [-0.3, -0.25) is 19.3 Å². The second kappa shape index (κ2) is 13.9. The molecule has 3 aliphatic heterocycles. The van der Waals surface area contributed by atoms with Crippen LogP contribution >= 0.6 is 0 Å². The molecule has 10 nitrogen and oxygen atoms in total. The second-order valence-electron chi connectivity index (χ2n) is 11.3. The molecule has 226 valence electrons. The Morgan fingerprint density at radius 2 is 1.81 bits per heavy atom. The highest BCUT2D eigenvalue weighted by molar-refractivity contribution is 5.82. The Balaban J connectivity index is 1.30. The summed E-state index contributed by atoms with van der Waals surface area (Å²) >= 11 is 0. The molecule has 3 amide bonds. The van der Waals surface area contributed by atoms with Crippen LogP contribution in [0.3, 0.4) is 0 Å². The SMILES string of the molecule is COc1cc2cc(c1OC)CCCNC(=O)C[C@@H]1CC[C@H](CNC(=O)CC2)N1C(=O)CN1CCOc2ccccc2C1. The third-order valence-corrected chi connectivity index (χ3v) is 8.46. The van der Waals surface area contributed by atoms with E-state index < -0.39 is 0 Å². The number of aryl methyl sites for hydroxylation is 2. The number of ether oxygens (including phenoxy) is 3. The summed E-state index contributed by atoms with van der Waals surface area (Å²) in [5, 5.41) is 6.12. The summed E-state index contributed by atoms with van der Waals surface area (Å²) in [4.78, 5) is 43.7. The van der Waals surface area contributed by atoms with E-state index in [4.69, 9.17) is 14.2 Å². The molecule has 0 saturated carbocycles. The maximum absolute atomic E-state index is 13.8. The Morgan fingerprint density at radius 1 is 0.976 bits per heavy atom. The Hall–Kier alpha value is -3.79. The Morgan fingerprint density at radius 3 is 2.64 bits per heavy atom. The molecule has 5 rings (SSSR count). The quantitative estimate of drug-likeness (QED) is 0.574. The minimum atomic E-state index is -0.204. The van der Waals surface area contributed by atoms with E-state index in [1.165, 1.54) is 0 Å². The van der Waals surface area contributed by atoms with E-state index >= 15 is 0 Å². The Bertz CT molecular complexity index is 1280. The van der Waals surface area contributed by atoms with E-state index in [1.807, 2.05) is 35.2 Å². The zero-order chi connectivity index (χ0) is 29.5. The van der Waals surface area contributed by atoms with Crippen LogP contribution in [0.4, 0.5) is 0 Å². The summed E-state index contributed by atoms with van der Waals surface area (Å²) in [5.41, 5.74) is 3.04. The Kier molecular flexibility index (Phi) is 9.84. The van der Waals surface area contributed by atoms with Crippen molar-refractivity contribution in [3.8, 4) is 17.2 Å². The number of para-hydroxylation sites is 1. The van der Waals surface area contributed by atoms with Gasteiger partial charge in [-0.15, -0.1) is 0 Å². The van der Waals surface area contributed by atoms with Crippen molar-refractivity contribution in [3.63, 3.8) is 0 Å². The summed E-state index contributed by atoms with van der Waals surface area (Å²) in [5.74, 6) is 2.03. The monoisotopic (exact) mass is 578 g/mol. The van der Waals surface area contributed by atoms with Crippen molar-refractivity contribution in [3.05, 3.63) is 53.1 Å². The summed E-state index contributed by atoms with van der Waals surface area (Å²) in [6.45, 7) is 2.89. The second-order valence-corrected chi connectivity index (χ2v) is 11.3. The van der Waals surface area contributed by atoms with Crippen molar-refractivity contribution in [1.29, 1.82) is 0 Å². The zero-order valence-electron chi connectivity index (χ0n) is 24.7. The number of nitrogens with one attached hydrogen (secondary N) is 2. The number of fused-ring (bicyclic) bond motifs is 5. The number of amides is 3. The average Bonchev–Trinajstić information content (AvgIpc) is 3.27. The zero-order valence-corrected chi connectivity index (χ0v) is 24.7. The highest BCUT2D eigenvalue weighted by atomic mass is 16.5. The first-order chi connectivity index (χ1) is 20.4. The first kappa shape index (κ1) is 29.7. The number of methoxy groups -OCH3 is 2. The molecular weight excluding hydrogens is 536 g/mol. The number of hydrogen-bond acceptors (Lipinski definition) is 7. The van der Waals surface area contributed by atoms with E-state index in [0.29, 0.717) is 63.5 Å². The summed E-state index contributed by atoms with van der Waals surface area (Å²) in [7, 11) is 3.22. The fourth-order valence-corrected chi connectivity index (χ4v) is 6.36. The fourth-order valence-electron chi connectivity index (χ4n) is 6.36. The highest BCUT2D eigenvalue weighted by Crippen LogP contribution is 2.34. The van der Waals surface area contributed by atoms with Gasteiger partial charge in [-0.1, -0.05) is 24.3 Å². The molecule has 0 aliphatic carbocycles. The lowest BCUT2D eigenvalue weighted by molar-refractivity contribution is -0.137. The normalized spacial score (nSPS) is 22.1. The summed E-state index contributed by atoms with van der Waals surface area (Å²) in [6, 6.07) is 11.5. The van der Waals surface area contributed by atoms with Crippen LogP contribution in [-0.4, -0.2) is 86.6 Å².